The molecular weight excluding hydrogens is 215 g/mol. The molecule has 0 heterocycles. The van der Waals surface area contributed by atoms with E-state index in [2.05, 4.69) is 6.07 Å². The Balaban J connectivity index is 2.27. The van der Waals surface area contributed by atoms with Crippen molar-refractivity contribution in [2.24, 2.45) is 0 Å². The maximum atomic E-state index is 12.8. The van der Waals surface area contributed by atoms with E-state index in [1.54, 1.807) is 24.3 Å². The topological polar surface area (TPSA) is 27.0 Å². The third-order valence-electron chi connectivity index (χ3n) is 2.60. The summed E-state index contributed by atoms with van der Waals surface area (Å²) in [6.07, 6.45) is 0. The first-order valence-corrected chi connectivity index (χ1v) is 5.20. The molecule has 0 aromatic heterocycles. The van der Waals surface area contributed by atoms with E-state index in [4.69, 9.17) is 5.26 Å². The molecule has 84 valence electrons. The van der Waals surface area contributed by atoms with Gasteiger partial charge in [0, 0.05) is 18.4 Å². The fraction of sp³-hybridized carbons (Fsp3) is 0.0714. The molecule has 0 unspecified atom stereocenters. The van der Waals surface area contributed by atoms with Crippen LogP contribution < -0.4 is 4.90 Å². The number of halogens is 1. The molecule has 0 fully saturated rings. The van der Waals surface area contributed by atoms with Gasteiger partial charge in [0.1, 0.15) is 5.82 Å². The Labute approximate surface area is 99.5 Å². The molecule has 2 aromatic carbocycles. The lowest BCUT2D eigenvalue weighted by atomic mass is 10.2. The summed E-state index contributed by atoms with van der Waals surface area (Å²) < 4.78 is 12.8. The Kier molecular flexibility index (Phi) is 3.06. The van der Waals surface area contributed by atoms with Gasteiger partial charge >= 0.3 is 0 Å². The lowest BCUT2D eigenvalue weighted by Crippen LogP contribution is -2.09. The zero-order valence-electron chi connectivity index (χ0n) is 9.39. The normalized spacial score (nSPS) is 9.71. The number of rotatable bonds is 2. The standard InChI is InChI=1S/C14H11FN2/c1-17(14-8-4-12(15)5-9-14)13-6-2-11(10-16)3-7-13/h2-9H,1H3. The minimum atomic E-state index is -0.248. The summed E-state index contributed by atoms with van der Waals surface area (Å²) in [7, 11) is 1.90. The van der Waals surface area contributed by atoms with Crippen LogP contribution in [-0.2, 0) is 0 Å². The molecule has 0 aliphatic heterocycles. The number of anilines is 2. The van der Waals surface area contributed by atoms with Gasteiger partial charge in [0.2, 0.25) is 0 Å². The number of nitriles is 1. The quantitative estimate of drug-likeness (QED) is 0.784. The average Bonchev–Trinajstić information content (AvgIpc) is 2.39. The Morgan fingerprint density at radius 1 is 0.941 bits per heavy atom. The van der Waals surface area contributed by atoms with Crippen LogP contribution in [0.15, 0.2) is 48.5 Å². The third-order valence-corrected chi connectivity index (χ3v) is 2.60. The summed E-state index contributed by atoms with van der Waals surface area (Å²) in [5.74, 6) is -0.248. The lowest BCUT2D eigenvalue weighted by molar-refractivity contribution is 0.628. The molecule has 17 heavy (non-hydrogen) atoms. The molecule has 0 aliphatic carbocycles. The van der Waals surface area contributed by atoms with E-state index in [9.17, 15) is 4.39 Å². The van der Waals surface area contributed by atoms with Gasteiger partial charge in [-0.1, -0.05) is 0 Å². The highest BCUT2D eigenvalue weighted by Crippen LogP contribution is 2.23. The van der Waals surface area contributed by atoms with Crippen LogP contribution in [0.3, 0.4) is 0 Å². The van der Waals surface area contributed by atoms with Crippen molar-refractivity contribution < 1.29 is 4.39 Å². The molecular formula is C14H11FN2. The van der Waals surface area contributed by atoms with Crippen LogP contribution >= 0.6 is 0 Å². The minimum Gasteiger partial charge on any atom is -0.345 e. The van der Waals surface area contributed by atoms with E-state index in [1.165, 1.54) is 12.1 Å². The first kappa shape index (κ1) is 11.2. The zero-order valence-corrected chi connectivity index (χ0v) is 9.39. The Morgan fingerprint density at radius 2 is 1.41 bits per heavy atom. The highest BCUT2D eigenvalue weighted by molar-refractivity contribution is 5.62. The van der Waals surface area contributed by atoms with E-state index in [0.29, 0.717) is 5.56 Å². The van der Waals surface area contributed by atoms with E-state index in [-0.39, 0.29) is 5.82 Å². The van der Waals surface area contributed by atoms with Gasteiger partial charge in [-0.3, -0.25) is 0 Å². The maximum absolute atomic E-state index is 12.8. The van der Waals surface area contributed by atoms with Crippen LogP contribution in [0.1, 0.15) is 5.56 Å². The Bertz CT molecular complexity index is 538. The summed E-state index contributed by atoms with van der Waals surface area (Å²) in [5.41, 5.74) is 2.48. The maximum Gasteiger partial charge on any atom is 0.123 e. The monoisotopic (exact) mass is 226 g/mol. The summed E-state index contributed by atoms with van der Waals surface area (Å²) in [6, 6.07) is 15.6. The van der Waals surface area contributed by atoms with Crippen LogP contribution in [0.25, 0.3) is 0 Å². The molecule has 0 aliphatic rings. The molecule has 0 saturated heterocycles. The molecule has 0 N–H and O–H groups in total. The van der Waals surface area contributed by atoms with Crippen LogP contribution in [-0.4, -0.2) is 7.05 Å². The fourth-order valence-corrected chi connectivity index (χ4v) is 1.57. The summed E-state index contributed by atoms with van der Waals surface area (Å²) in [5, 5.41) is 8.71. The SMILES string of the molecule is CN(c1ccc(F)cc1)c1ccc(C#N)cc1. The minimum absolute atomic E-state index is 0.248. The van der Waals surface area contributed by atoms with E-state index >= 15 is 0 Å². The first-order chi connectivity index (χ1) is 8.20. The van der Waals surface area contributed by atoms with Crippen molar-refractivity contribution in [2.45, 2.75) is 0 Å². The van der Waals surface area contributed by atoms with E-state index in [1.807, 2.05) is 24.1 Å². The highest BCUT2D eigenvalue weighted by Gasteiger charge is 2.03. The predicted molar refractivity (Wildman–Crippen MR) is 65.6 cm³/mol. The Morgan fingerprint density at radius 3 is 1.88 bits per heavy atom. The average molecular weight is 226 g/mol. The number of benzene rings is 2. The van der Waals surface area contributed by atoms with Crippen molar-refractivity contribution in [2.75, 3.05) is 11.9 Å². The predicted octanol–water partition coefficient (Wildman–Crippen LogP) is 3.47. The molecule has 2 nitrogen and oxygen atoms in total. The lowest BCUT2D eigenvalue weighted by Gasteiger charge is -2.19. The van der Waals surface area contributed by atoms with E-state index in [0.717, 1.165) is 11.4 Å². The second-order valence-electron chi connectivity index (χ2n) is 3.69. The molecule has 2 aromatic rings. The number of hydrogen-bond acceptors (Lipinski definition) is 2. The second kappa shape index (κ2) is 4.67. The van der Waals surface area contributed by atoms with Crippen LogP contribution in [0.2, 0.25) is 0 Å². The summed E-state index contributed by atoms with van der Waals surface area (Å²) in [6.45, 7) is 0. The Hall–Kier alpha value is -2.34. The van der Waals surface area contributed by atoms with Crippen LogP contribution in [0.4, 0.5) is 15.8 Å². The van der Waals surface area contributed by atoms with Crippen molar-refractivity contribution in [3.05, 3.63) is 59.9 Å². The smallest absolute Gasteiger partial charge is 0.123 e. The van der Waals surface area contributed by atoms with Crippen molar-refractivity contribution in [1.29, 1.82) is 5.26 Å². The van der Waals surface area contributed by atoms with Gasteiger partial charge in [-0.2, -0.15) is 5.26 Å². The number of hydrogen-bond donors (Lipinski definition) is 0. The van der Waals surface area contributed by atoms with Gasteiger partial charge in [0.25, 0.3) is 0 Å². The first-order valence-electron chi connectivity index (χ1n) is 5.20. The summed E-state index contributed by atoms with van der Waals surface area (Å²) in [4.78, 5) is 1.93. The molecule has 0 atom stereocenters. The summed E-state index contributed by atoms with van der Waals surface area (Å²) >= 11 is 0. The molecule has 0 bridgehead atoms. The molecule has 3 heteroatoms. The highest BCUT2D eigenvalue weighted by atomic mass is 19.1. The second-order valence-corrected chi connectivity index (χ2v) is 3.69. The van der Waals surface area contributed by atoms with Crippen LogP contribution in [0.5, 0.6) is 0 Å². The van der Waals surface area contributed by atoms with Gasteiger partial charge in [-0.15, -0.1) is 0 Å². The van der Waals surface area contributed by atoms with Gasteiger partial charge in [0.05, 0.1) is 11.6 Å². The third kappa shape index (κ3) is 2.43. The van der Waals surface area contributed by atoms with Crippen LogP contribution in [0, 0.1) is 17.1 Å². The van der Waals surface area contributed by atoms with Crippen molar-refractivity contribution in [3.63, 3.8) is 0 Å². The molecule has 0 radical (unpaired) electrons. The van der Waals surface area contributed by atoms with E-state index < -0.39 is 0 Å². The van der Waals surface area contributed by atoms with Crippen molar-refractivity contribution >= 4 is 11.4 Å². The van der Waals surface area contributed by atoms with Gasteiger partial charge in [-0.05, 0) is 48.5 Å². The molecule has 0 saturated carbocycles. The van der Waals surface area contributed by atoms with Crippen molar-refractivity contribution in [3.8, 4) is 6.07 Å². The van der Waals surface area contributed by atoms with Gasteiger partial charge in [0.15, 0.2) is 0 Å². The van der Waals surface area contributed by atoms with Gasteiger partial charge in [-0.25, -0.2) is 4.39 Å². The zero-order chi connectivity index (χ0) is 12.3. The number of nitrogens with zero attached hydrogens (tertiary/aromatic N) is 2. The fourth-order valence-electron chi connectivity index (χ4n) is 1.57. The molecule has 0 spiro atoms. The molecule has 2 rings (SSSR count). The largest absolute Gasteiger partial charge is 0.345 e. The molecule has 0 amide bonds. The van der Waals surface area contributed by atoms with Gasteiger partial charge < -0.3 is 4.90 Å². The van der Waals surface area contributed by atoms with Crippen molar-refractivity contribution in [1.82, 2.24) is 0 Å².